The van der Waals surface area contributed by atoms with Crippen molar-refractivity contribution in [2.45, 2.75) is 12.5 Å². The normalized spacial score (nSPS) is 16.7. The SMILES string of the molecule is COc1ccc(CCN2C(=O)N(NS(C)(=O)=O)CC2c2ccc(F)c(F)c2OC)cc1. The average molecular weight is 455 g/mol. The lowest BCUT2D eigenvalue weighted by atomic mass is 10.0. The Balaban J connectivity index is 1.92. The summed E-state index contributed by atoms with van der Waals surface area (Å²) in [5, 5.41) is 0.939. The van der Waals surface area contributed by atoms with Gasteiger partial charge in [-0.2, -0.15) is 4.39 Å². The molecule has 1 saturated heterocycles. The molecule has 3 rings (SSSR count). The summed E-state index contributed by atoms with van der Waals surface area (Å²) in [6.45, 7) is 0.107. The van der Waals surface area contributed by atoms with E-state index >= 15 is 0 Å². The number of carbonyl (C=O) groups is 1. The second-order valence-electron chi connectivity index (χ2n) is 7.05. The summed E-state index contributed by atoms with van der Waals surface area (Å²) >= 11 is 0. The van der Waals surface area contributed by atoms with Crippen molar-refractivity contribution < 1.29 is 31.5 Å². The first-order valence-electron chi connectivity index (χ1n) is 9.35. The van der Waals surface area contributed by atoms with Gasteiger partial charge in [0.2, 0.25) is 15.8 Å². The maximum absolute atomic E-state index is 14.3. The quantitative estimate of drug-likeness (QED) is 0.661. The number of carbonyl (C=O) groups excluding carboxylic acids is 1. The summed E-state index contributed by atoms with van der Waals surface area (Å²) in [6, 6.07) is 8.19. The van der Waals surface area contributed by atoms with E-state index in [1.54, 1.807) is 19.2 Å². The first kappa shape index (κ1) is 22.8. The van der Waals surface area contributed by atoms with E-state index in [2.05, 4.69) is 4.83 Å². The number of urea groups is 1. The van der Waals surface area contributed by atoms with Crippen molar-refractivity contribution in [2.24, 2.45) is 0 Å². The largest absolute Gasteiger partial charge is 0.497 e. The summed E-state index contributed by atoms with van der Waals surface area (Å²) in [4.78, 5) is 16.5. The lowest BCUT2D eigenvalue weighted by Gasteiger charge is -2.25. The van der Waals surface area contributed by atoms with Crippen LogP contribution in [0.1, 0.15) is 17.2 Å². The summed E-state index contributed by atoms with van der Waals surface area (Å²) in [5.41, 5.74) is 1.15. The zero-order chi connectivity index (χ0) is 22.8. The lowest BCUT2D eigenvalue weighted by Crippen LogP contribution is -2.44. The van der Waals surface area contributed by atoms with Crippen LogP contribution in [0.4, 0.5) is 13.6 Å². The Morgan fingerprint density at radius 1 is 1.10 bits per heavy atom. The third kappa shape index (κ3) is 5.05. The zero-order valence-corrected chi connectivity index (χ0v) is 18.1. The number of hydrazine groups is 1. The van der Waals surface area contributed by atoms with Crippen molar-refractivity contribution in [1.82, 2.24) is 14.7 Å². The third-order valence-electron chi connectivity index (χ3n) is 4.93. The van der Waals surface area contributed by atoms with Crippen LogP contribution in [0.15, 0.2) is 36.4 Å². The minimum Gasteiger partial charge on any atom is -0.497 e. The Morgan fingerprint density at radius 3 is 2.35 bits per heavy atom. The number of sulfonamides is 1. The van der Waals surface area contributed by atoms with Crippen LogP contribution in [-0.4, -0.2) is 57.9 Å². The fourth-order valence-corrected chi connectivity index (χ4v) is 4.04. The number of benzene rings is 2. The molecule has 1 N–H and O–H groups in total. The number of hydrogen-bond donors (Lipinski definition) is 1. The molecule has 168 valence electrons. The van der Waals surface area contributed by atoms with E-state index in [1.807, 2.05) is 12.1 Å². The maximum atomic E-state index is 14.3. The summed E-state index contributed by atoms with van der Waals surface area (Å²) < 4.78 is 61.5. The highest BCUT2D eigenvalue weighted by Gasteiger charge is 2.41. The number of halogens is 2. The van der Waals surface area contributed by atoms with Crippen molar-refractivity contribution >= 4 is 16.1 Å². The predicted octanol–water partition coefficient (Wildman–Crippen LogP) is 2.47. The van der Waals surface area contributed by atoms with Gasteiger partial charge >= 0.3 is 6.03 Å². The molecule has 0 radical (unpaired) electrons. The molecule has 1 aliphatic heterocycles. The first-order chi connectivity index (χ1) is 14.6. The molecule has 1 atom stereocenters. The topological polar surface area (TPSA) is 88.2 Å². The van der Waals surface area contributed by atoms with E-state index in [0.717, 1.165) is 22.9 Å². The number of rotatable bonds is 8. The van der Waals surface area contributed by atoms with Gasteiger partial charge in [-0.1, -0.05) is 18.2 Å². The lowest BCUT2D eigenvalue weighted by molar-refractivity contribution is 0.182. The molecule has 8 nitrogen and oxygen atoms in total. The second-order valence-corrected chi connectivity index (χ2v) is 8.77. The smallest absolute Gasteiger partial charge is 0.335 e. The highest BCUT2D eigenvalue weighted by Crippen LogP contribution is 2.37. The van der Waals surface area contributed by atoms with Crippen LogP contribution in [0.2, 0.25) is 0 Å². The number of ether oxygens (including phenoxy) is 2. The van der Waals surface area contributed by atoms with Gasteiger partial charge in [-0.15, -0.1) is 4.83 Å². The summed E-state index contributed by atoms with van der Waals surface area (Å²) in [7, 11) is -0.968. The highest BCUT2D eigenvalue weighted by molar-refractivity contribution is 7.88. The number of nitrogens with one attached hydrogen (secondary N) is 1. The first-order valence-corrected chi connectivity index (χ1v) is 11.2. The van der Waals surface area contributed by atoms with E-state index in [0.29, 0.717) is 12.2 Å². The van der Waals surface area contributed by atoms with Crippen LogP contribution in [0.3, 0.4) is 0 Å². The standard InChI is InChI=1S/C20H23F2N3O5S/c1-29-14-6-4-13(5-7-14)10-11-24-17(12-25(20(24)26)23-31(3,27)28)15-8-9-16(21)18(22)19(15)30-2/h4-9,17,23H,10-12H2,1-3H3. The van der Waals surface area contributed by atoms with Crippen molar-refractivity contribution in [1.29, 1.82) is 0 Å². The van der Waals surface area contributed by atoms with E-state index < -0.39 is 33.7 Å². The van der Waals surface area contributed by atoms with Gasteiger partial charge in [-0.25, -0.2) is 22.6 Å². The molecule has 0 aromatic heterocycles. The molecule has 1 fully saturated rings. The molecule has 1 unspecified atom stereocenters. The number of nitrogens with zero attached hydrogens (tertiary/aromatic N) is 2. The van der Waals surface area contributed by atoms with Crippen LogP contribution < -0.4 is 14.3 Å². The molecular weight excluding hydrogens is 432 g/mol. The molecule has 0 aliphatic carbocycles. The molecule has 31 heavy (non-hydrogen) atoms. The monoisotopic (exact) mass is 455 g/mol. The molecular formula is C20H23F2N3O5S. The Labute approximate surface area is 179 Å². The molecule has 0 spiro atoms. The zero-order valence-electron chi connectivity index (χ0n) is 17.3. The molecule has 11 heteroatoms. The molecule has 0 saturated carbocycles. The van der Waals surface area contributed by atoms with E-state index in [1.165, 1.54) is 18.1 Å². The van der Waals surface area contributed by atoms with Gasteiger partial charge in [-0.05, 0) is 30.2 Å². The van der Waals surface area contributed by atoms with E-state index in [4.69, 9.17) is 9.47 Å². The number of methoxy groups -OCH3 is 2. The fraction of sp³-hybridized carbons (Fsp3) is 0.350. The van der Waals surface area contributed by atoms with Gasteiger partial charge in [-0.3, -0.25) is 0 Å². The summed E-state index contributed by atoms with van der Waals surface area (Å²) in [5.74, 6) is -1.89. The van der Waals surface area contributed by atoms with E-state index in [-0.39, 0.29) is 24.4 Å². The summed E-state index contributed by atoms with van der Waals surface area (Å²) in [6.07, 6.45) is 1.37. The van der Waals surface area contributed by atoms with E-state index in [9.17, 15) is 22.0 Å². The van der Waals surface area contributed by atoms with Crippen molar-refractivity contribution in [3.05, 3.63) is 59.2 Å². The molecule has 2 amide bonds. The van der Waals surface area contributed by atoms with Gasteiger partial charge in [0.1, 0.15) is 5.75 Å². The van der Waals surface area contributed by atoms with Crippen LogP contribution in [-0.2, 0) is 16.4 Å². The van der Waals surface area contributed by atoms with Crippen LogP contribution in [0, 0.1) is 11.6 Å². The molecule has 1 heterocycles. The van der Waals surface area contributed by atoms with Gasteiger partial charge in [0.05, 0.1) is 33.1 Å². The predicted molar refractivity (Wildman–Crippen MR) is 109 cm³/mol. The Morgan fingerprint density at radius 2 is 1.77 bits per heavy atom. The van der Waals surface area contributed by atoms with Gasteiger partial charge in [0, 0.05) is 12.1 Å². The van der Waals surface area contributed by atoms with Crippen molar-refractivity contribution in [2.75, 3.05) is 33.6 Å². The van der Waals surface area contributed by atoms with Gasteiger partial charge < -0.3 is 14.4 Å². The molecule has 2 aromatic carbocycles. The Hall–Kier alpha value is -2.92. The van der Waals surface area contributed by atoms with Crippen molar-refractivity contribution in [3.8, 4) is 11.5 Å². The molecule has 1 aliphatic rings. The minimum absolute atomic E-state index is 0.101. The maximum Gasteiger partial charge on any atom is 0.335 e. The van der Waals surface area contributed by atoms with Gasteiger partial charge in [0.25, 0.3) is 0 Å². The Kier molecular flexibility index (Phi) is 6.65. The molecule has 2 aromatic rings. The molecule has 0 bridgehead atoms. The number of hydrogen-bond acceptors (Lipinski definition) is 5. The number of amides is 2. The van der Waals surface area contributed by atoms with Crippen LogP contribution >= 0.6 is 0 Å². The van der Waals surface area contributed by atoms with Crippen molar-refractivity contribution in [3.63, 3.8) is 0 Å². The fourth-order valence-electron chi connectivity index (χ4n) is 3.49. The van der Waals surface area contributed by atoms with Gasteiger partial charge in [0.15, 0.2) is 11.6 Å². The highest BCUT2D eigenvalue weighted by atomic mass is 32.2. The van der Waals surface area contributed by atoms with Crippen LogP contribution in [0.25, 0.3) is 0 Å². The van der Waals surface area contributed by atoms with Crippen LogP contribution in [0.5, 0.6) is 11.5 Å². The minimum atomic E-state index is -3.73. The Bertz CT molecular complexity index is 1060. The third-order valence-corrected chi connectivity index (χ3v) is 5.48. The average Bonchev–Trinajstić information content (AvgIpc) is 3.02. The second kappa shape index (κ2) is 9.06.